The van der Waals surface area contributed by atoms with Crippen molar-refractivity contribution in [3.8, 4) is 0 Å². The molecule has 1 saturated carbocycles. The maximum atomic E-state index is 12.2. The van der Waals surface area contributed by atoms with E-state index in [9.17, 15) is 4.57 Å². The molecule has 1 rings (SSSR count). The molecule has 0 aromatic heterocycles. The van der Waals surface area contributed by atoms with Gasteiger partial charge in [0, 0.05) is 5.92 Å². The highest BCUT2D eigenvalue weighted by atomic mass is 31.2. The topological polar surface area (TPSA) is 61.6 Å². The molecule has 0 aliphatic heterocycles. The van der Waals surface area contributed by atoms with Crippen LogP contribution in [0.5, 0.6) is 0 Å². The zero-order chi connectivity index (χ0) is 10.8. The van der Waals surface area contributed by atoms with Gasteiger partial charge in [-0.25, -0.2) is 0 Å². The standard InChI is InChI=1S/C9H18NO3P/c1-4-8-7-9(8,10)14(11,12-5-2)13-6-3/h4,8H,1,5-7,10H2,2-3H3. The molecular weight excluding hydrogens is 201 g/mol. The van der Waals surface area contributed by atoms with Crippen LogP contribution in [0.4, 0.5) is 0 Å². The van der Waals surface area contributed by atoms with Crippen LogP contribution >= 0.6 is 7.60 Å². The summed E-state index contributed by atoms with van der Waals surface area (Å²) in [6.45, 7) is 7.89. The van der Waals surface area contributed by atoms with Crippen LogP contribution in [0.25, 0.3) is 0 Å². The molecule has 2 unspecified atom stereocenters. The molecule has 5 heteroatoms. The van der Waals surface area contributed by atoms with Crippen molar-refractivity contribution in [3.63, 3.8) is 0 Å². The molecule has 0 aromatic carbocycles. The minimum atomic E-state index is -3.16. The maximum Gasteiger partial charge on any atom is 0.350 e. The maximum absolute atomic E-state index is 12.2. The molecule has 0 aromatic rings. The average molecular weight is 219 g/mol. The summed E-state index contributed by atoms with van der Waals surface area (Å²) < 4.78 is 22.6. The largest absolute Gasteiger partial charge is 0.350 e. The Morgan fingerprint density at radius 3 is 2.36 bits per heavy atom. The van der Waals surface area contributed by atoms with Gasteiger partial charge < -0.3 is 14.8 Å². The summed E-state index contributed by atoms with van der Waals surface area (Å²) in [6, 6.07) is 0. The van der Waals surface area contributed by atoms with Gasteiger partial charge in [-0.3, -0.25) is 4.57 Å². The van der Waals surface area contributed by atoms with E-state index in [0.29, 0.717) is 19.6 Å². The zero-order valence-electron chi connectivity index (χ0n) is 8.73. The van der Waals surface area contributed by atoms with Crippen molar-refractivity contribution in [1.82, 2.24) is 0 Å². The molecule has 0 spiro atoms. The van der Waals surface area contributed by atoms with Gasteiger partial charge in [0.15, 0.2) is 0 Å². The number of rotatable bonds is 6. The van der Waals surface area contributed by atoms with Gasteiger partial charge in [-0.2, -0.15) is 0 Å². The summed E-state index contributed by atoms with van der Waals surface area (Å²) in [5.74, 6) is 0.0476. The normalized spacial score (nSPS) is 31.5. The highest BCUT2D eigenvalue weighted by molar-refractivity contribution is 7.56. The number of hydrogen-bond acceptors (Lipinski definition) is 4. The van der Waals surface area contributed by atoms with Gasteiger partial charge in [-0.15, -0.1) is 6.58 Å². The molecule has 82 valence electrons. The summed E-state index contributed by atoms with van der Waals surface area (Å²) in [4.78, 5) is 0. The Kier molecular flexibility index (Phi) is 3.53. The second kappa shape index (κ2) is 4.15. The summed E-state index contributed by atoms with van der Waals surface area (Å²) in [6.07, 6.45) is 2.35. The van der Waals surface area contributed by atoms with Gasteiger partial charge in [0.1, 0.15) is 5.28 Å². The number of nitrogens with two attached hydrogens (primary N) is 1. The van der Waals surface area contributed by atoms with E-state index >= 15 is 0 Å². The number of hydrogen-bond donors (Lipinski definition) is 1. The van der Waals surface area contributed by atoms with Crippen molar-refractivity contribution >= 4 is 7.60 Å². The van der Waals surface area contributed by atoms with E-state index in [1.807, 2.05) is 0 Å². The third-order valence-electron chi connectivity index (χ3n) is 2.42. The first kappa shape index (κ1) is 11.9. The lowest BCUT2D eigenvalue weighted by molar-refractivity contribution is 0.208. The lowest BCUT2D eigenvalue weighted by atomic mass is 10.4. The lowest BCUT2D eigenvalue weighted by Gasteiger charge is -2.23. The van der Waals surface area contributed by atoms with E-state index in [4.69, 9.17) is 14.8 Å². The fourth-order valence-electron chi connectivity index (χ4n) is 1.51. The van der Waals surface area contributed by atoms with Crippen LogP contribution < -0.4 is 5.73 Å². The molecule has 0 heterocycles. The molecule has 1 aliphatic carbocycles. The Bertz CT molecular complexity index is 259. The summed E-state index contributed by atoms with van der Waals surface area (Å²) in [7, 11) is -3.16. The van der Waals surface area contributed by atoms with E-state index in [1.165, 1.54) is 0 Å². The molecular formula is C9H18NO3P. The Labute approximate surface area is 85.0 Å². The molecule has 2 N–H and O–H groups in total. The summed E-state index contributed by atoms with van der Waals surface area (Å²) >= 11 is 0. The zero-order valence-corrected chi connectivity index (χ0v) is 9.63. The molecule has 4 nitrogen and oxygen atoms in total. The smallest absolute Gasteiger partial charge is 0.315 e. The Morgan fingerprint density at radius 2 is 2.07 bits per heavy atom. The predicted molar refractivity (Wildman–Crippen MR) is 56.1 cm³/mol. The molecule has 0 amide bonds. The molecule has 0 saturated heterocycles. The molecule has 0 radical (unpaired) electrons. The first-order valence-corrected chi connectivity index (χ1v) is 6.39. The van der Waals surface area contributed by atoms with E-state index in [0.717, 1.165) is 0 Å². The molecule has 0 bridgehead atoms. The Balaban J connectivity index is 2.78. The van der Waals surface area contributed by atoms with Gasteiger partial charge in [0.05, 0.1) is 13.2 Å². The third kappa shape index (κ3) is 1.80. The second-order valence-corrected chi connectivity index (χ2v) is 5.71. The van der Waals surface area contributed by atoms with Crippen LogP contribution in [0.1, 0.15) is 20.3 Å². The van der Waals surface area contributed by atoms with E-state index in [2.05, 4.69) is 6.58 Å². The van der Waals surface area contributed by atoms with Crippen LogP contribution in [0.15, 0.2) is 12.7 Å². The van der Waals surface area contributed by atoms with Crippen LogP contribution in [0.2, 0.25) is 0 Å². The second-order valence-electron chi connectivity index (χ2n) is 3.37. The van der Waals surface area contributed by atoms with Crippen LogP contribution in [0.3, 0.4) is 0 Å². The summed E-state index contributed by atoms with van der Waals surface area (Å²) in [5, 5.41) is -0.833. The first-order valence-electron chi connectivity index (χ1n) is 4.84. The van der Waals surface area contributed by atoms with Gasteiger partial charge in [-0.1, -0.05) is 6.08 Å². The Hall–Kier alpha value is -0.150. The van der Waals surface area contributed by atoms with Crippen molar-refractivity contribution in [1.29, 1.82) is 0 Å². The fraction of sp³-hybridized carbons (Fsp3) is 0.778. The summed E-state index contributed by atoms with van der Waals surface area (Å²) in [5.41, 5.74) is 5.97. The van der Waals surface area contributed by atoms with Crippen molar-refractivity contribution in [2.75, 3.05) is 13.2 Å². The van der Waals surface area contributed by atoms with Crippen LogP contribution in [-0.2, 0) is 13.6 Å². The van der Waals surface area contributed by atoms with Crippen molar-refractivity contribution in [3.05, 3.63) is 12.7 Å². The van der Waals surface area contributed by atoms with Gasteiger partial charge in [0.25, 0.3) is 0 Å². The average Bonchev–Trinajstić information content (AvgIpc) is 2.80. The monoisotopic (exact) mass is 219 g/mol. The van der Waals surface area contributed by atoms with Crippen LogP contribution in [0, 0.1) is 5.92 Å². The highest BCUT2D eigenvalue weighted by Gasteiger charge is 2.64. The minimum absolute atomic E-state index is 0.0476. The fourth-order valence-corrected chi connectivity index (χ4v) is 3.68. The van der Waals surface area contributed by atoms with Gasteiger partial charge in [0.2, 0.25) is 0 Å². The van der Waals surface area contributed by atoms with Gasteiger partial charge in [-0.05, 0) is 20.3 Å². The highest BCUT2D eigenvalue weighted by Crippen LogP contribution is 2.71. The van der Waals surface area contributed by atoms with Gasteiger partial charge >= 0.3 is 7.60 Å². The molecule has 2 atom stereocenters. The van der Waals surface area contributed by atoms with Crippen molar-refractivity contribution < 1.29 is 13.6 Å². The van der Waals surface area contributed by atoms with E-state index < -0.39 is 12.9 Å². The van der Waals surface area contributed by atoms with Crippen molar-refractivity contribution in [2.45, 2.75) is 25.5 Å². The Morgan fingerprint density at radius 1 is 1.57 bits per heavy atom. The van der Waals surface area contributed by atoms with E-state index in [1.54, 1.807) is 19.9 Å². The minimum Gasteiger partial charge on any atom is -0.315 e. The molecule has 1 fully saturated rings. The third-order valence-corrected chi connectivity index (χ3v) is 5.15. The van der Waals surface area contributed by atoms with Crippen molar-refractivity contribution in [2.24, 2.45) is 11.7 Å². The molecule has 1 aliphatic rings. The molecule has 14 heavy (non-hydrogen) atoms. The van der Waals surface area contributed by atoms with Crippen LogP contribution in [-0.4, -0.2) is 18.5 Å². The van der Waals surface area contributed by atoms with E-state index in [-0.39, 0.29) is 5.92 Å². The SMILES string of the molecule is C=CC1CC1(N)P(=O)(OCC)OCC. The quantitative estimate of drug-likeness (QED) is 0.549. The predicted octanol–water partition coefficient (Wildman–Crippen LogP) is 2.11. The lowest BCUT2D eigenvalue weighted by Crippen LogP contribution is -2.27. The first-order chi connectivity index (χ1) is 6.54.